The van der Waals surface area contributed by atoms with Gasteiger partial charge < -0.3 is 4.74 Å². The lowest BCUT2D eigenvalue weighted by molar-refractivity contribution is -0.134. The van der Waals surface area contributed by atoms with Crippen molar-refractivity contribution in [3.05, 3.63) is 35.4 Å². The number of ketones is 1. The normalized spacial score (nSPS) is 17.9. The third kappa shape index (κ3) is 4.17. The summed E-state index contributed by atoms with van der Waals surface area (Å²) in [6.45, 7) is 4.67. The molecule has 1 saturated carbocycles. The van der Waals surface area contributed by atoms with Crippen LogP contribution >= 0.6 is 0 Å². The summed E-state index contributed by atoms with van der Waals surface area (Å²) in [7, 11) is 0. The Morgan fingerprint density at radius 2 is 1.85 bits per heavy atom. The third-order valence-corrected chi connectivity index (χ3v) is 4.24. The summed E-state index contributed by atoms with van der Waals surface area (Å²) in [4.78, 5) is 12.6. The third-order valence-electron chi connectivity index (χ3n) is 4.24. The first-order chi connectivity index (χ1) is 9.70. The Kier molecular flexibility index (Phi) is 5.78. The molecule has 0 spiro atoms. The number of Topliss-reactive ketones (excluding diaryl/α,β-unsaturated/α-hetero) is 1. The Morgan fingerprint density at radius 1 is 1.20 bits per heavy atom. The van der Waals surface area contributed by atoms with Crippen molar-refractivity contribution in [2.45, 2.75) is 58.5 Å². The molecule has 0 aliphatic heterocycles. The van der Waals surface area contributed by atoms with E-state index in [0.717, 1.165) is 18.4 Å². The van der Waals surface area contributed by atoms with Crippen LogP contribution in [-0.2, 0) is 16.0 Å². The second-order valence-corrected chi connectivity index (χ2v) is 5.90. The zero-order valence-corrected chi connectivity index (χ0v) is 12.7. The van der Waals surface area contributed by atoms with E-state index >= 15 is 0 Å². The van der Waals surface area contributed by atoms with Gasteiger partial charge in [-0.3, -0.25) is 4.79 Å². The van der Waals surface area contributed by atoms with Crippen LogP contribution in [0.4, 0.5) is 0 Å². The second-order valence-electron chi connectivity index (χ2n) is 5.90. The molecule has 0 amide bonds. The maximum Gasteiger partial charge on any atom is 0.166 e. The molecule has 2 nitrogen and oxygen atoms in total. The van der Waals surface area contributed by atoms with Crippen molar-refractivity contribution in [2.75, 3.05) is 6.61 Å². The molecule has 1 aliphatic carbocycles. The predicted molar refractivity (Wildman–Crippen MR) is 81.9 cm³/mol. The molecule has 1 atom stereocenters. The maximum absolute atomic E-state index is 12.6. The van der Waals surface area contributed by atoms with Crippen molar-refractivity contribution in [3.8, 4) is 0 Å². The Bertz CT molecular complexity index is 416. The molecule has 0 radical (unpaired) electrons. The SMILES string of the molecule is CCOC(C(=O)Cc1ccc(C)cc1)C1CCCCC1. The number of aryl methyl sites for hydroxylation is 1. The summed E-state index contributed by atoms with van der Waals surface area (Å²) in [5.41, 5.74) is 2.33. The lowest BCUT2D eigenvalue weighted by atomic mass is 9.82. The van der Waals surface area contributed by atoms with E-state index < -0.39 is 0 Å². The Balaban J connectivity index is 2.00. The largest absolute Gasteiger partial charge is 0.370 e. The zero-order chi connectivity index (χ0) is 14.4. The number of rotatable bonds is 6. The molecule has 0 bridgehead atoms. The van der Waals surface area contributed by atoms with Crippen molar-refractivity contribution < 1.29 is 9.53 Å². The van der Waals surface area contributed by atoms with E-state index in [9.17, 15) is 4.79 Å². The number of hydrogen-bond acceptors (Lipinski definition) is 2. The molecule has 0 aromatic heterocycles. The van der Waals surface area contributed by atoms with E-state index in [-0.39, 0.29) is 11.9 Å². The lowest BCUT2D eigenvalue weighted by Gasteiger charge is -2.29. The van der Waals surface area contributed by atoms with Gasteiger partial charge in [0.2, 0.25) is 0 Å². The van der Waals surface area contributed by atoms with Crippen molar-refractivity contribution in [3.63, 3.8) is 0 Å². The highest BCUT2D eigenvalue weighted by atomic mass is 16.5. The fraction of sp³-hybridized carbons (Fsp3) is 0.611. The molecule has 1 aromatic rings. The highest BCUT2D eigenvalue weighted by Crippen LogP contribution is 2.29. The van der Waals surface area contributed by atoms with E-state index in [0.29, 0.717) is 18.9 Å². The highest BCUT2D eigenvalue weighted by Gasteiger charge is 2.29. The summed E-state index contributed by atoms with van der Waals surface area (Å²) in [6.07, 6.45) is 6.39. The van der Waals surface area contributed by atoms with Gasteiger partial charge in [-0.1, -0.05) is 49.1 Å². The molecule has 0 heterocycles. The first-order valence-electron chi connectivity index (χ1n) is 7.90. The minimum Gasteiger partial charge on any atom is -0.370 e. The Hall–Kier alpha value is -1.15. The van der Waals surface area contributed by atoms with Crippen LogP contribution in [0.3, 0.4) is 0 Å². The van der Waals surface area contributed by atoms with E-state index in [2.05, 4.69) is 31.2 Å². The van der Waals surface area contributed by atoms with Crippen LogP contribution in [0.15, 0.2) is 24.3 Å². The first-order valence-corrected chi connectivity index (χ1v) is 7.90. The smallest absolute Gasteiger partial charge is 0.166 e. The molecule has 1 fully saturated rings. The molecule has 0 N–H and O–H groups in total. The quantitative estimate of drug-likeness (QED) is 0.781. The number of carbonyl (C=O) groups is 1. The van der Waals surface area contributed by atoms with E-state index in [1.165, 1.54) is 24.8 Å². The maximum atomic E-state index is 12.6. The average Bonchev–Trinajstić information content (AvgIpc) is 2.48. The number of hydrogen-bond donors (Lipinski definition) is 0. The molecule has 2 heteroatoms. The molecule has 20 heavy (non-hydrogen) atoms. The van der Waals surface area contributed by atoms with E-state index in [1.807, 2.05) is 6.92 Å². The fourth-order valence-electron chi connectivity index (χ4n) is 3.12. The second kappa shape index (κ2) is 7.58. The molecule has 1 aliphatic rings. The Morgan fingerprint density at radius 3 is 2.45 bits per heavy atom. The predicted octanol–water partition coefficient (Wildman–Crippen LogP) is 4.09. The molecular weight excluding hydrogens is 248 g/mol. The summed E-state index contributed by atoms with van der Waals surface area (Å²) in [5.74, 6) is 0.684. The molecule has 2 rings (SSSR count). The van der Waals surface area contributed by atoms with Gasteiger partial charge in [-0.05, 0) is 38.2 Å². The van der Waals surface area contributed by atoms with Crippen molar-refractivity contribution in [2.24, 2.45) is 5.92 Å². The van der Waals surface area contributed by atoms with Crippen LogP contribution in [0.25, 0.3) is 0 Å². The van der Waals surface area contributed by atoms with Crippen LogP contribution < -0.4 is 0 Å². The van der Waals surface area contributed by atoms with Gasteiger partial charge in [0.25, 0.3) is 0 Å². The summed E-state index contributed by atoms with van der Waals surface area (Å²) >= 11 is 0. The van der Waals surface area contributed by atoms with Crippen LogP contribution in [0, 0.1) is 12.8 Å². The van der Waals surface area contributed by atoms with Gasteiger partial charge in [0.05, 0.1) is 0 Å². The van der Waals surface area contributed by atoms with E-state index in [4.69, 9.17) is 4.74 Å². The Labute approximate surface area is 122 Å². The standard InChI is InChI=1S/C18H26O2/c1-3-20-18(16-7-5-4-6-8-16)17(19)13-15-11-9-14(2)10-12-15/h9-12,16,18H,3-8,13H2,1-2H3. The van der Waals surface area contributed by atoms with Crippen molar-refractivity contribution in [1.29, 1.82) is 0 Å². The molecule has 110 valence electrons. The highest BCUT2D eigenvalue weighted by molar-refractivity contribution is 5.85. The molecular formula is C18H26O2. The zero-order valence-electron chi connectivity index (χ0n) is 12.7. The molecule has 1 unspecified atom stereocenters. The van der Waals surface area contributed by atoms with Crippen LogP contribution in [0.1, 0.15) is 50.2 Å². The van der Waals surface area contributed by atoms with Gasteiger partial charge in [-0.25, -0.2) is 0 Å². The number of benzene rings is 1. The lowest BCUT2D eigenvalue weighted by Crippen LogP contribution is -2.35. The van der Waals surface area contributed by atoms with Crippen molar-refractivity contribution >= 4 is 5.78 Å². The monoisotopic (exact) mass is 274 g/mol. The summed E-state index contributed by atoms with van der Waals surface area (Å²) < 4.78 is 5.79. The fourth-order valence-corrected chi connectivity index (χ4v) is 3.12. The van der Waals surface area contributed by atoms with Crippen LogP contribution in [0.5, 0.6) is 0 Å². The summed E-state index contributed by atoms with van der Waals surface area (Å²) in [5, 5.41) is 0. The van der Waals surface area contributed by atoms with Gasteiger partial charge in [0.1, 0.15) is 6.10 Å². The average molecular weight is 274 g/mol. The minimum atomic E-state index is -0.193. The molecule has 0 saturated heterocycles. The minimum absolute atomic E-state index is 0.193. The van der Waals surface area contributed by atoms with E-state index in [1.54, 1.807) is 0 Å². The van der Waals surface area contributed by atoms with Gasteiger partial charge in [0.15, 0.2) is 5.78 Å². The summed E-state index contributed by atoms with van der Waals surface area (Å²) in [6, 6.07) is 8.24. The number of ether oxygens (including phenoxy) is 1. The van der Waals surface area contributed by atoms with Crippen LogP contribution in [0.2, 0.25) is 0 Å². The van der Waals surface area contributed by atoms with Gasteiger partial charge in [-0.2, -0.15) is 0 Å². The first kappa shape index (κ1) is 15.2. The molecule has 1 aromatic carbocycles. The number of carbonyl (C=O) groups excluding carboxylic acids is 1. The topological polar surface area (TPSA) is 26.3 Å². The van der Waals surface area contributed by atoms with Gasteiger partial charge in [-0.15, -0.1) is 0 Å². The van der Waals surface area contributed by atoms with Gasteiger partial charge in [0, 0.05) is 13.0 Å². The van der Waals surface area contributed by atoms with Crippen LogP contribution in [-0.4, -0.2) is 18.5 Å². The van der Waals surface area contributed by atoms with Crippen molar-refractivity contribution in [1.82, 2.24) is 0 Å². The van der Waals surface area contributed by atoms with Gasteiger partial charge >= 0.3 is 0 Å².